The van der Waals surface area contributed by atoms with Gasteiger partial charge in [0.1, 0.15) is 5.82 Å². The molecule has 1 aliphatic rings. The summed E-state index contributed by atoms with van der Waals surface area (Å²) in [7, 11) is 0. The second-order valence-electron chi connectivity index (χ2n) is 6.07. The molecule has 0 bridgehead atoms. The summed E-state index contributed by atoms with van der Waals surface area (Å²) in [5.74, 6) is 0.507. The fraction of sp³-hybridized carbons (Fsp3) is 0.706. The van der Waals surface area contributed by atoms with Gasteiger partial charge in [-0.2, -0.15) is 0 Å². The van der Waals surface area contributed by atoms with E-state index in [-0.39, 0.29) is 11.9 Å². The van der Waals surface area contributed by atoms with E-state index < -0.39 is 0 Å². The van der Waals surface area contributed by atoms with Crippen LogP contribution < -0.4 is 5.32 Å². The zero-order valence-electron chi connectivity index (χ0n) is 12.7. The Hall–Kier alpha value is -0.960. The minimum absolute atomic E-state index is 0.230. The quantitative estimate of drug-likeness (QED) is 0.795. The Bertz CT molecular complexity index is 382. The van der Waals surface area contributed by atoms with Crippen molar-refractivity contribution in [1.29, 1.82) is 0 Å². The van der Waals surface area contributed by atoms with Crippen LogP contribution in [0.5, 0.6) is 0 Å². The van der Waals surface area contributed by atoms with Crippen molar-refractivity contribution < 1.29 is 4.39 Å². The van der Waals surface area contributed by atoms with E-state index in [2.05, 4.69) is 24.1 Å². The highest BCUT2D eigenvalue weighted by Gasteiger charge is 2.22. The Labute approximate surface area is 122 Å². The minimum Gasteiger partial charge on any atom is -0.306 e. The van der Waals surface area contributed by atoms with Crippen molar-refractivity contribution in [1.82, 2.24) is 10.3 Å². The Kier molecular flexibility index (Phi) is 5.96. The van der Waals surface area contributed by atoms with Crippen LogP contribution in [0.15, 0.2) is 18.3 Å². The smallest absolute Gasteiger partial charge is 0.141 e. The van der Waals surface area contributed by atoms with Gasteiger partial charge in [-0.3, -0.25) is 4.98 Å². The number of halogens is 1. The van der Waals surface area contributed by atoms with Gasteiger partial charge in [-0.15, -0.1) is 0 Å². The lowest BCUT2D eigenvalue weighted by Gasteiger charge is -2.28. The van der Waals surface area contributed by atoms with Crippen LogP contribution >= 0.6 is 0 Å². The molecule has 20 heavy (non-hydrogen) atoms. The Morgan fingerprint density at radius 2 is 1.95 bits per heavy atom. The molecule has 0 aliphatic heterocycles. The first-order chi connectivity index (χ1) is 9.70. The average molecular weight is 278 g/mol. The summed E-state index contributed by atoms with van der Waals surface area (Å²) >= 11 is 0. The predicted molar refractivity (Wildman–Crippen MR) is 81.0 cm³/mol. The van der Waals surface area contributed by atoms with Gasteiger partial charge in [-0.05, 0) is 44.2 Å². The van der Waals surface area contributed by atoms with E-state index in [9.17, 15) is 4.39 Å². The van der Waals surface area contributed by atoms with Crippen LogP contribution in [-0.2, 0) is 0 Å². The van der Waals surface area contributed by atoms with Crippen molar-refractivity contribution >= 4 is 0 Å². The molecule has 1 aromatic rings. The summed E-state index contributed by atoms with van der Waals surface area (Å²) in [6, 6.07) is 4.04. The molecule has 1 fully saturated rings. The Morgan fingerprint density at radius 3 is 2.50 bits per heavy atom. The van der Waals surface area contributed by atoms with Crippen LogP contribution in [0, 0.1) is 11.7 Å². The fourth-order valence-electron chi connectivity index (χ4n) is 3.27. The number of nitrogens with one attached hydrogen (secondary N) is 1. The van der Waals surface area contributed by atoms with Crippen molar-refractivity contribution in [3.8, 4) is 0 Å². The lowest BCUT2D eigenvalue weighted by molar-refractivity contribution is 0.304. The molecule has 1 heterocycles. The van der Waals surface area contributed by atoms with E-state index >= 15 is 0 Å². The summed E-state index contributed by atoms with van der Waals surface area (Å²) in [4.78, 5) is 4.23. The van der Waals surface area contributed by atoms with Crippen molar-refractivity contribution in [2.75, 3.05) is 0 Å². The van der Waals surface area contributed by atoms with Crippen LogP contribution in [-0.4, -0.2) is 11.0 Å². The van der Waals surface area contributed by atoms with Crippen molar-refractivity contribution in [3.05, 3.63) is 29.8 Å². The molecule has 1 aromatic heterocycles. The van der Waals surface area contributed by atoms with Gasteiger partial charge in [0.15, 0.2) is 0 Å². The van der Waals surface area contributed by atoms with Crippen molar-refractivity contribution in [2.24, 2.45) is 5.92 Å². The molecule has 1 saturated carbocycles. The summed E-state index contributed by atoms with van der Waals surface area (Å²) in [5.41, 5.74) is 0.953. The number of hydrogen-bond donors (Lipinski definition) is 1. The summed E-state index contributed by atoms with van der Waals surface area (Å²) in [6.07, 6.45) is 10.5. The molecule has 0 amide bonds. The maximum atomic E-state index is 13.0. The summed E-state index contributed by atoms with van der Waals surface area (Å²) in [6.45, 7) is 4.45. The SMILES string of the molecule is CCC(N[C@H](C)C1CCCCCC1)c1ccc(F)cn1. The first-order valence-electron chi connectivity index (χ1n) is 8.08. The van der Waals surface area contributed by atoms with Crippen LogP contribution in [0.25, 0.3) is 0 Å². The van der Waals surface area contributed by atoms with Gasteiger partial charge in [-0.25, -0.2) is 4.39 Å². The second kappa shape index (κ2) is 7.72. The first-order valence-corrected chi connectivity index (χ1v) is 8.08. The zero-order valence-corrected chi connectivity index (χ0v) is 12.7. The topological polar surface area (TPSA) is 24.9 Å². The molecule has 0 radical (unpaired) electrons. The van der Waals surface area contributed by atoms with Crippen LogP contribution in [0.4, 0.5) is 4.39 Å². The molecule has 1 aliphatic carbocycles. The largest absolute Gasteiger partial charge is 0.306 e. The Balaban J connectivity index is 1.96. The summed E-state index contributed by atoms with van der Waals surface area (Å²) < 4.78 is 13.0. The van der Waals surface area contributed by atoms with Gasteiger partial charge in [0.25, 0.3) is 0 Å². The standard InChI is InChI=1S/C17H27FN2/c1-3-16(17-11-10-15(18)12-19-17)20-13(2)14-8-6-4-5-7-9-14/h10-14,16,20H,3-9H2,1-2H3/t13-,16?/m1/s1. The molecule has 3 heteroatoms. The third kappa shape index (κ3) is 4.27. The Morgan fingerprint density at radius 1 is 1.25 bits per heavy atom. The second-order valence-corrected chi connectivity index (χ2v) is 6.07. The van der Waals surface area contributed by atoms with E-state index in [1.807, 2.05) is 0 Å². The maximum absolute atomic E-state index is 13.0. The molecule has 0 aromatic carbocycles. The fourth-order valence-corrected chi connectivity index (χ4v) is 3.27. The summed E-state index contributed by atoms with van der Waals surface area (Å²) in [5, 5.41) is 3.71. The van der Waals surface area contributed by atoms with Gasteiger partial charge in [0.05, 0.1) is 11.9 Å². The lowest BCUT2D eigenvalue weighted by Crippen LogP contribution is -2.36. The first kappa shape index (κ1) is 15.4. The number of hydrogen-bond acceptors (Lipinski definition) is 2. The van der Waals surface area contributed by atoms with Crippen LogP contribution in [0.2, 0.25) is 0 Å². The number of pyridine rings is 1. The molecule has 2 nitrogen and oxygen atoms in total. The van der Waals surface area contributed by atoms with Gasteiger partial charge >= 0.3 is 0 Å². The number of aromatic nitrogens is 1. The zero-order chi connectivity index (χ0) is 14.4. The van der Waals surface area contributed by atoms with Gasteiger partial charge in [0.2, 0.25) is 0 Å². The molecule has 112 valence electrons. The molecule has 2 rings (SSSR count). The molecule has 0 saturated heterocycles. The van der Waals surface area contributed by atoms with Gasteiger partial charge < -0.3 is 5.32 Å². The third-order valence-corrected chi connectivity index (χ3v) is 4.59. The van der Waals surface area contributed by atoms with E-state index in [0.717, 1.165) is 18.0 Å². The number of rotatable bonds is 5. The highest BCUT2D eigenvalue weighted by Crippen LogP contribution is 2.27. The molecule has 2 atom stereocenters. The molecule has 0 spiro atoms. The molecular weight excluding hydrogens is 251 g/mol. The van der Waals surface area contributed by atoms with Gasteiger partial charge in [-0.1, -0.05) is 32.6 Å². The molecule has 1 unspecified atom stereocenters. The van der Waals surface area contributed by atoms with E-state index in [4.69, 9.17) is 0 Å². The van der Waals surface area contributed by atoms with Crippen LogP contribution in [0.1, 0.15) is 70.5 Å². The lowest BCUT2D eigenvalue weighted by atomic mass is 9.92. The predicted octanol–water partition coefficient (Wildman–Crippen LogP) is 4.62. The van der Waals surface area contributed by atoms with E-state index in [0.29, 0.717) is 6.04 Å². The highest BCUT2D eigenvalue weighted by molar-refractivity contribution is 5.10. The third-order valence-electron chi connectivity index (χ3n) is 4.59. The van der Waals surface area contributed by atoms with E-state index in [1.54, 1.807) is 6.07 Å². The average Bonchev–Trinajstić information content (AvgIpc) is 2.75. The highest BCUT2D eigenvalue weighted by atomic mass is 19.1. The van der Waals surface area contributed by atoms with Crippen molar-refractivity contribution in [3.63, 3.8) is 0 Å². The maximum Gasteiger partial charge on any atom is 0.141 e. The molecular formula is C17H27FN2. The number of nitrogens with zero attached hydrogens (tertiary/aromatic N) is 1. The normalized spacial score (nSPS) is 20.4. The molecule has 1 N–H and O–H groups in total. The monoisotopic (exact) mass is 278 g/mol. The van der Waals surface area contributed by atoms with Crippen molar-refractivity contribution in [2.45, 2.75) is 70.9 Å². The van der Waals surface area contributed by atoms with Crippen LogP contribution in [0.3, 0.4) is 0 Å². The van der Waals surface area contributed by atoms with Gasteiger partial charge in [0, 0.05) is 12.1 Å². The minimum atomic E-state index is -0.264. The van der Waals surface area contributed by atoms with E-state index in [1.165, 1.54) is 50.8 Å².